The summed E-state index contributed by atoms with van der Waals surface area (Å²) in [6.45, 7) is 0. The van der Waals surface area contributed by atoms with E-state index in [1.807, 2.05) is 6.07 Å². The molecule has 71 valence electrons. The predicted octanol–water partition coefficient (Wildman–Crippen LogP) is -3.16. The monoisotopic (exact) mass is 301 g/mol. The molecule has 0 aliphatic heterocycles. The quantitative estimate of drug-likeness (QED) is 0.481. The summed E-state index contributed by atoms with van der Waals surface area (Å²) in [5.74, 6) is 0. The Kier molecular flexibility index (Phi) is 10.0. The van der Waals surface area contributed by atoms with E-state index in [9.17, 15) is 0 Å². The van der Waals surface area contributed by atoms with Gasteiger partial charge in [0.05, 0.1) is 0 Å². The van der Waals surface area contributed by atoms with Gasteiger partial charge in [-0.15, -0.1) is 12.0 Å². The Balaban J connectivity index is 0. The normalized spacial score (nSPS) is 11.9. The summed E-state index contributed by atoms with van der Waals surface area (Å²) in [6, 6.07) is 10.4. The Morgan fingerprint density at radius 2 is 1.64 bits per heavy atom. The van der Waals surface area contributed by atoms with Crippen molar-refractivity contribution < 1.29 is 51.0 Å². The van der Waals surface area contributed by atoms with Crippen LogP contribution in [0.5, 0.6) is 0 Å². The zero-order valence-corrected chi connectivity index (χ0v) is 11.5. The fourth-order valence-corrected chi connectivity index (χ4v) is 1.23. The molecule has 1 radical (unpaired) electrons. The van der Waals surface area contributed by atoms with Crippen molar-refractivity contribution in [3.63, 3.8) is 0 Å². The van der Waals surface area contributed by atoms with Crippen LogP contribution in [0.15, 0.2) is 42.5 Å². The van der Waals surface area contributed by atoms with Crippen LogP contribution in [0.2, 0.25) is 0 Å². The summed E-state index contributed by atoms with van der Waals surface area (Å²) in [7, 11) is 0. The minimum absolute atomic E-state index is 0. The molecule has 0 aromatic heterocycles. The summed E-state index contributed by atoms with van der Waals surface area (Å²) in [6.07, 6.45) is 8.36. The van der Waals surface area contributed by atoms with Crippen LogP contribution in [-0.4, -0.2) is 0 Å². The predicted molar refractivity (Wildman–Crippen MR) is 46.8 cm³/mol. The first-order valence-electron chi connectivity index (χ1n) is 3.79. The van der Waals surface area contributed by atoms with E-state index in [2.05, 4.69) is 42.5 Å². The van der Waals surface area contributed by atoms with E-state index < -0.39 is 0 Å². The van der Waals surface area contributed by atoms with Crippen molar-refractivity contribution in [2.24, 2.45) is 0 Å². The van der Waals surface area contributed by atoms with Crippen molar-refractivity contribution in [3.05, 3.63) is 54.1 Å². The van der Waals surface area contributed by atoms with Crippen LogP contribution in [-0.2, 0) is 26.2 Å². The van der Waals surface area contributed by atoms with E-state index in [1.54, 1.807) is 0 Å². The van der Waals surface area contributed by atoms with E-state index >= 15 is 0 Å². The summed E-state index contributed by atoms with van der Waals surface area (Å²) >= 11 is 0. The molecule has 0 heterocycles. The second-order valence-corrected chi connectivity index (χ2v) is 2.58. The molecule has 3 heteroatoms. The van der Waals surface area contributed by atoms with Gasteiger partial charge in [-0.3, -0.25) is 6.08 Å². The molecule has 0 unspecified atom stereocenters. The van der Waals surface area contributed by atoms with Crippen molar-refractivity contribution in [1.82, 2.24) is 0 Å². The molecule has 0 saturated heterocycles. The molecule has 0 bridgehead atoms. The standard InChI is InChI=1S/C11H9.2ClH.Zr/c1-2-6-10(7-3-1)11-8-4-5-9-11;;;/h1-3,6-9H,4H2;2*1H;/q-1;;;+3/p-2. The first-order chi connectivity index (χ1) is 5.47. The van der Waals surface area contributed by atoms with Gasteiger partial charge in [0.2, 0.25) is 0 Å². The number of hydrogen-bond donors (Lipinski definition) is 0. The summed E-state index contributed by atoms with van der Waals surface area (Å²) in [5.41, 5.74) is 2.59. The second-order valence-electron chi connectivity index (χ2n) is 2.58. The molecular formula is C11H9Cl2Zr. The fraction of sp³-hybridized carbons (Fsp3) is 0.0909. The van der Waals surface area contributed by atoms with Crippen molar-refractivity contribution >= 4 is 5.57 Å². The van der Waals surface area contributed by atoms with Crippen LogP contribution in [0, 0.1) is 6.08 Å². The number of benzene rings is 1. The van der Waals surface area contributed by atoms with Crippen LogP contribution >= 0.6 is 0 Å². The number of allylic oxidation sites excluding steroid dienone is 4. The SMILES string of the molecule is [C-]1=CC(c2ccccc2)=CC1.[Cl-].[Cl-].[Zr+3]. The van der Waals surface area contributed by atoms with E-state index in [0.717, 1.165) is 6.42 Å². The molecule has 0 amide bonds. The zero-order valence-electron chi connectivity index (χ0n) is 7.50. The summed E-state index contributed by atoms with van der Waals surface area (Å²) in [5, 5.41) is 0. The number of halogens is 2. The van der Waals surface area contributed by atoms with Crippen molar-refractivity contribution in [3.8, 4) is 0 Å². The minimum Gasteiger partial charge on any atom is -1.00 e. The van der Waals surface area contributed by atoms with Gasteiger partial charge in [-0.25, -0.2) is 6.08 Å². The molecule has 1 aromatic rings. The van der Waals surface area contributed by atoms with Crippen LogP contribution < -0.4 is 24.8 Å². The van der Waals surface area contributed by atoms with Crippen molar-refractivity contribution in [1.29, 1.82) is 0 Å². The molecule has 2 rings (SSSR count). The third-order valence-corrected chi connectivity index (χ3v) is 1.80. The third kappa shape index (κ3) is 4.13. The molecule has 1 aliphatic rings. The van der Waals surface area contributed by atoms with Gasteiger partial charge in [0.1, 0.15) is 0 Å². The molecule has 0 atom stereocenters. The van der Waals surface area contributed by atoms with Crippen LogP contribution in [0.25, 0.3) is 5.57 Å². The average Bonchev–Trinajstić information content (AvgIpc) is 2.58. The van der Waals surface area contributed by atoms with Crippen LogP contribution in [0.1, 0.15) is 12.0 Å². The van der Waals surface area contributed by atoms with E-state index in [-0.39, 0.29) is 51.0 Å². The topological polar surface area (TPSA) is 0 Å². The first kappa shape index (κ1) is 16.6. The van der Waals surface area contributed by atoms with Gasteiger partial charge < -0.3 is 24.8 Å². The van der Waals surface area contributed by atoms with Gasteiger partial charge in [0.15, 0.2) is 0 Å². The molecule has 0 spiro atoms. The Morgan fingerprint density at radius 1 is 1.00 bits per heavy atom. The van der Waals surface area contributed by atoms with Crippen molar-refractivity contribution in [2.45, 2.75) is 6.42 Å². The Labute approximate surface area is 116 Å². The third-order valence-electron chi connectivity index (χ3n) is 1.80. The molecule has 0 saturated carbocycles. The number of hydrogen-bond acceptors (Lipinski definition) is 0. The Bertz CT molecular complexity index is 304. The zero-order chi connectivity index (χ0) is 7.52. The van der Waals surface area contributed by atoms with E-state index in [4.69, 9.17) is 0 Å². The molecule has 1 aromatic carbocycles. The van der Waals surface area contributed by atoms with Gasteiger partial charge in [-0.1, -0.05) is 30.3 Å². The van der Waals surface area contributed by atoms with Gasteiger partial charge in [-0.2, -0.15) is 11.6 Å². The Morgan fingerprint density at radius 3 is 2.14 bits per heavy atom. The molecule has 1 aliphatic carbocycles. The van der Waals surface area contributed by atoms with Crippen molar-refractivity contribution in [2.75, 3.05) is 0 Å². The molecule has 0 fully saturated rings. The average molecular weight is 303 g/mol. The minimum atomic E-state index is 0. The van der Waals surface area contributed by atoms with Gasteiger partial charge in [0, 0.05) is 0 Å². The van der Waals surface area contributed by atoms with Gasteiger partial charge >= 0.3 is 26.2 Å². The number of rotatable bonds is 1. The molecule has 14 heavy (non-hydrogen) atoms. The van der Waals surface area contributed by atoms with Crippen LogP contribution in [0.3, 0.4) is 0 Å². The van der Waals surface area contributed by atoms with Gasteiger partial charge in [-0.05, 0) is 0 Å². The largest absolute Gasteiger partial charge is 3.00 e. The molecular weight excluding hydrogens is 294 g/mol. The smallest absolute Gasteiger partial charge is 1.00 e. The fourth-order valence-electron chi connectivity index (χ4n) is 1.23. The van der Waals surface area contributed by atoms with Crippen LogP contribution in [0.4, 0.5) is 0 Å². The van der Waals surface area contributed by atoms with E-state index in [1.165, 1.54) is 11.1 Å². The summed E-state index contributed by atoms with van der Waals surface area (Å²) in [4.78, 5) is 0. The maximum absolute atomic E-state index is 3.15. The molecule has 0 nitrogen and oxygen atoms in total. The summed E-state index contributed by atoms with van der Waals surface area (Å²) < 4.78 is 0. The second kappa shape index (κ2) is 8.47. The van der Waals surface area contributed by atoms with Gasteiger partial charge in [0.25, 0.3) is 0 Å². The molecule has 0 N–H and O–H groups in total. The maximum atomic E-state index is 3.15. The van der Waals surface area contributed by atoms with E-state index in [0.29, 0.717) is 0 Å². The maximum Gasteiger partial charge on any atom is 3.00 e. The first-order valence-corrected chi connectivity index (χ1v) is 3.79. The Hall–Kier alpha value is 0.163.